The number of carbonyl (C=O) groups is 1. The molecular weight excluding hydrogens is 372 g/mol. The van der Waals surface area contributed by atoms with E-state index in [9.17, 15) is 13.6 Å². The molecule has 7 heteroatoms. The van der Waals surface area contributed by atoms with Crippen LogP contribution in [0.4, 0.5) is 20.2 Å². The fourth-order valence-electron chi connectivity index (χ4n) is 2.44. The molecule has 3 rings (SSSR count). The molecule has 0 aliphatic carbocycles. The van der Waals surface area contributed by atoms with Crippen LogP contribution >= 0.6 is 11.6 Å². The van der Waals surface area contributed by atoms with Gasteiger partial charge in [0.2, 0.25) is 0 Å². The standard InChI is InChI=1S/C20H16ClF2N3O/c21-14-3-1-13(2-4-14)7-9-25-20(27)19-12-16(8-10-24-19)26-18-6-5-15(22)11-17(18)23/h1-6,8,10-12H,7,9H2,(H,24,26)(H,25,27). The van der Waals surface area contributed by atoms with Gasteiger partial charge in [0, 0.05) is 29.5 Å². The third-order valence-corrected chi connectivity index (χ3v) is 4.07. The highest BCUT2D eigenvalue weighted by Crippen LogP contribution is 2.20. The van der Waals surface area contributed by atoms with Gasteiger partial charge in [-0.2, -0.15) is 0 Å². The maximum Gasteiger partial charge on any atom is 0.269 e. The van der Waals surface area contributed by atoms with Gasteiger partial charge in [0.25, 0.3) is 5.91 Å². The number of nitrogens with zero attached hydrogens (tertiary/aromatic N) is 1. The molecule has 4 nitrogen and oxygen atoms in total. The summed E-state index contributed by atoms with van der Waals surface area (Å²) in [6.07, 6.45) is 2.10. The smallest absolute Gasteiger partial charge is 0.269 e. The summed E-state index contributed by atoms with van der Waals surface area (Å²) < 4.78 is 26.7. The molecule has 2 N–H and O–H groups in total. The number of halogens is 3. The molecule has 1 amide bonds. The highest BCUT2D eigenvalue weighted by atomic mass is 35.5. The van der Waals surface area contributed by atoms with E-state index in [0.717, 1.165) is 17.7 Å². The molecule has 3 aromatic rings. The van der Waals surface area contributed by atoms with Crippen LogP contribution in [-0.2, 0) is 6.42 Å². The predicted molar refractivity (Wildman–Crippen MR) is 101 cm³/mol. The number of hydrogen-bond acceptors (Lipinski definition) is 3. The second-order valence-corrected chi connectivity index (χ2v) is 6.25. The molecule has 1 heterocycles. The fourth-order valence-corrected chi connectivity index (χ4v) is 2.57. The number of benzene rings is 2. The molecule has 0 fully saturated rings. The summed E-state index contributed by atoms with van der Waals surface area (Å²) in [5, 5.41) is 6.25. The molecule has 138 valence electrons. The average Bonchev–Trinajstić information content (AvgIpc) is 2.66. The van der Waals surface area contributed by atoms with Crippen LogP contribution in [0.2, 0.25) is 5.02 Å². The Morgan fingerprint density at radius 1 is 1.04 bits per heavy atom. The Hall–Kier alpha value is -2.99. The Bertz CT molecular complexity index is 948. The summed E-state index contributed by atoms with van der Waals surface area (Å²) in [5.74, 6) is -1.72. The first-order valence-corrected chi connectivity index (χ1v) is 8.60. The van der Waals surface area contributed by atoms with E-state index in [-0.39, 0.29) is 17.3 Å². The van der Waals surface area contributed by atoms with Gasteiger partial charge in [0.05, 0.1) is 5.69 Å². The quantitative estimate of drug-likeness (QED) is 0.643. The van der Waals surface area contributed by atoms with E-state index in [1.54, 1.807) is 18.2 Å². The van der Waals surface area contributed by atoms with Crippen LogP contribution in [0.15, 0.2) is 60.8 Å². The molecule has 0 saturated heterocycles. The van der Waals surface area contributed by atoms with Crippen LogP contribution in [0.3, 0.4) is 0 Å². The van der Waals surface area contributed by atoms with Crippen molar-refractivity contribution >= 4 is 28.9 Å². The largest absolute Gasteiger partial charge is 0.353 e. The summed E-state index contributed by atoms with van der Waals surface area (Å²) in [4.78, 5) is 16.3. The van der Waals surface area contributed by atoms with Gasteiger partial charge in [0.1, 0.15) is 17.3 Å². The fraction of sp³-hybridized carbons (Fsp3) is 0.100. The van der Waals surface area contributed by atoms with E-state index < -0.39 is 11.6 Å². The molecule has 0 bridgehead atoms. The van der Waals surface area contributed by atoms with Crippen molar-refractivity contribution in [2.24, 2.45) is 0 Å². The number of pyridine rings is 1. The second kappa shape index (κ2) is 8.60. The minimum absolute atomic E-state index is 0.108. The van der Waals surface area contributed by atoms with Gasteiger partial charge in [-0.15, -0.1) is 0 Å². The van der Waals surface area contributed by atoms with Crippen LogP contribution in [-0.4, -0.2) is 17.4 Å². The zero-order valence-electron chi connectivity index (χ0n) is 14.2. The predicted octanol–water partition coefficient (Wildman–Crippen LogP) is 4.73. The zero-order valence-corrected chi connectivity index (χ0v) is 14.9. The van der Waals surface area contributed by atoms with E-state index in [1.165, 1.54) is 18.3 Å². The molecule has 0 aliphatic rings. The topological polar surface area (TPSA) is 54.0 Å². The number of rotatable bonds is 6. The normalized spacial score (nSPS) is 10.5. The van der Waals surface area contributed by atoms with E-state index in [2.05, 4.69) is 15.6 Å². The molecule has 0 aliphatic heterocycles. The molecule has 1 aromatic heterocycles. The molecular formula is C20H16ClF2N3O. The first-order chi connectivity index (χ1) is 13.0. The summed E-state index contributed by atoms with van der Waals surface area (Å²) in [7, 11) is 0. The average molecular weight is 388 g/mol. The molecule has 0 saturated carbocycles. The van der Waals surface area contributed by atoms with Crippen molar-refractivity contribution in [1.82, 2.24) is 10.3 Å². The lowest BCUT2D eigenvalue weighted by atomic mass is 10.1. The lowest BCUT2D eigenvalue weighted by molar-refractivity contribution is 0.0949. The lowest BCUT2D eigenvalue weighted by Gasteiger charge is -2.09. The van der Waals surface area contributed by atoms with Crippen LogP contribution in [0.25, 0.3) is 0 Å². The Kier molecular flexibility index (Phi) is 5.98. The molecule has 0 atom stereocenters. The molecule has 0 spiro atoms. The van der Waals surface area contributed by atoms with E-state index >= 15 is 0 Å². The van der Waals surface area contributed by atoms with Gasteiger partial charge < -0.3 is 10.6 Å². The van der Waals surface area contributed by atoms with E-state index in [1.807, 2.05) is 12.1 Å². The van der Waals surface area contributed by atoms with Gasteiger partial charge in [0.15, 0.2) is 0 Å². The zero-order chi connectivity index (χ0) is 19.2. The van der Waals surface area contributed by atoms with Crippen molar-refractivity contribution in [2.45, 2.75) is 6.42 Å². The van der Waals surface area contributed by atoms with Crippen molar-refractivity contribution in [3.05, 3.63) is 88.7 Å². The molecule has 27 heavy (non-hydrogen) atoms. The molecule has 0 unspecified atom stereocenters. The van der Waals surface area contributed by atoms with Crippen molar-refractivity contribution in [2.75, 3.05) is 11.9 Å². The SMILES string of the molecule is O=C(NCCc1ccc(Cl)cc1)c1cc(Nc2ccc(F)cc2F)ccn1. The van der Waals surface area contributed by atoms with Crippen molar-refractivity contribution in [3.8, 4) is 0 Å². The number of carbonyl (C=O) groups excluding carboxylic acids is 1. The summed E-state index contributed by atoms with van der Waals surface area (Å²) in [5.41, 5.74) is 1.82. The van der Waals surface area contributed by atoms with Crippen molar-refractivity contribution < 1.29 is 13.6 Å². The van der Waals surface area contributed by atoms with Crippen molar-refractivity contribution in [1.29, 1.82) is 0 Å². The Morgan fingerprint density at radius 2 is 1.81 bits per heavy atom. The van der Waals surface area contributed by atoms with Crippen molar-refractivity contribution in [3.63, 3.8) is 0 Å². The van der Waals surface area contributed by atoms with Gasteiger partial charge in [-0.1, -0.05) is 23.7 Å². The maximum atomic E-state index is 13.7. The lowest BCUT2D eigenvalue weighted by Crippen LogP contribution is -2.26. The molecule has 0 radical (unpaired) electrons. The van der Waals surface area contributed by atoms with Gasteiger partial charge in [-0.25, -0.2) is 8.78 Å². The minimum Gasteiger partial charge on any atom is -0.353 e. The Morgan fingerprint density at radius 3 is 2.56 bits per heavy atom. The molecule has 2 aromatic carbocycles. The Balaban J connectivity index is 1.60. The summed E-state index contributed by atoms with van der Waals surface area (Å²) >= 11 is 5.84. The van der Waals surface area contributed by atoms with Gasteiger partial charge in [-0.3, -0.25) is 9.78 Å². The van der Waals surface area contributed by atoms with E-state index in [4.69, 9.17) is 11.6 Å². The Labute approximate surface area is 160 Å². The van der Waals surface area contributed by atoms with Gasteiger partial charge in [-0.05, 0) is 48.4 Å². The summed E-state index contributed by atoms with van der Waals surface area (Å²) in [6, 6.07) is 13.7. The summed E-state index contributed by atoms with van der Waals surface area (Å²) in [6.45, 7) is 0.437. The second-order valence-electron chi connectivity index (χ2n) is 5.81. The van der Waals surface area contributed by atoms with Gasteiger partial charge >= 0.3 is 0 Å². The number of hydrogen-bond donors (Lipinski definition) is 2. The maximum absolute atomic E-state index is 13.7. The minimum atomic E-state index is -0.722. The highest BCUT2D eigenvalue weighted by molar-refractivity contribution is 6.30. The highest BCUT2D eigenvalue weighted by Gasteiger charge is 2.09. The third-order valence-electron chi connectivity index (χ3n) is 3.82. The van der Waals surface area contributed by atoms with E-state index in [0.29, 0.717) is 23.7 Å². The third kappa shape index (κ3) is 5.24. The number of anilines is 2. The number of nitrogens with one attached hydrogen (secondary N) is 2. The first kappa shape index (κ1) is 18.8. The van der Waals surface area contributed by atoms with Crippen LogP contribution in [0.1, 0.15) is 16.1 Å². The van der Waals surface area contributed by atoms with Crippen LogP contribution < -0.4 is 10.6 Å². The van der Waals surface area contributed by atoms with Crippen LogP contribution in [0, 0.1) is 11.6 Å². The van der Waals surface area contributed by atoms with Crippen LogP contribution in [0.5, 0.6) is 0 Å². The number of amides is 1. The number of aromatic nitrogens is 1. The monoisotopic (exact) mass is 387 g/mol. The first-order valence-electron chi connectivity index (χ1n) is 8.22.